The van der Waals surface area contributed by atoms with E-state index in [1.54, 1.807) is 5.41 Å². The maximum atomic E-state index is 13.1. The Morgan fingerprint density at radius 2 is 1.96 bits per heavy atom. The Bertz CT molecular complexity index is 784. The summed E-state index contributed by atoms with van der Waals surface area (Å²) in [5, 5.41) is 4.28. The van der Waals surface area contributed by atoms with Crippen LogP contribution in [0.15, 0.2) is 41.3 Å². The molecule has 2 unspecified atom stereocenters. The molecule has 28 heavy (non-hydrogen) atoms. The summed E-state index contributed by atoms with van der Waals surface area (Å²) in [5.41, 5.74) is 1.30. The zero-order valence-electron chi connectivity index (χ0n) is 15.8. The average molecular weight is 406 g/mol. The SMILES string of the molecule is COC(NC(=O)C1C(COC(C)=O)=CS[C@@H]2[C@@H](OC)C(=O)N12)c1ccccc1. The summed E-state index contributed by atoms with van der Waals surface area (Å²) in [6.07, 6.45) is -1.27. The molecule has 1 aromatic carbocycles. The van der Waals surface area contributed by atoms with Crippen molar-refractivity contribution in [3.63, 3.8) is 0 Å². The minimum atomic E-state index is -0.897. The largest absolute Gasteiger partial charge is 0.461 e. The first-order valence-corrected chi connectivity index (χ1v) is 9.63. The summed E-state index contributed by atoms with van der Waals surface area (Å²) in [5.74, 6) is -1.15. The van der Waals surface area contributed by atoms with Gasteiger partial charge < -0.3 is 24.4 Å². The van der Waals surface area contributed by atoms with E-state index >= 15 is 0 Å². The molecule has 2 aliphatic heterocycles. The molecule has 2 heterocycles. The number of esters is 1. The lowest BCUT2D eigenvalue weighted by Crippen LogP contribution is -2.71. The second kappa shape index (κ2) is 8.76. The molecule has 0 spiro atoms. The predicted molar refractivity (Wildman–Crippen MR) is 102 cm³/mol. The number of hydrogen-bond acceptors (Lipinski definition) is 7. The Kier molecular flexibility index (Phi) is 6.38. The molecular formula is C19H22N2O6S. The van der Waals surface area contributed by atoms with Gasteiger partial charge in [0.15, 0.2) is 12.3 Å². The quantitative estimate of drug-likeness (QED) is 0.413. The van der Waals surface area contributed by atoms with Crippen molar-refractivity contribution in [2.24, 2.45) is 0 Å². The smallest absolute Gasteiger partial charge is 0.302 e. The molecule has 0 saturated carbocycles. The topological polar surface area (TPSA) is 94.2 Å². The van der Waals surface area contributed by atoms with Crippen molar-refractivity contribution < 1.29 is 28.6 Å². The van der Waals surface area contributed by atoms with E-state index in [1.807, 2.05) is 30.3 Å². The van der Waals surface area contributed by atoms with Gasteiger partial charge in [0.05, 0.1) is 0 Å². The van der Waals surface area contributed by atoms with Crippen LogP contribution in [-0.2, 0) is 28.6 Å². The number of carbonyl (C=O) groups excluding carboxylic acids is 3. The van der Waals surface area contributed by atoms with Crippen LogP contribution in [0.1, 0.15) is 18.7 Å². The molecule has 4 atom stereocenters. The summed E-state index contributed by atoms with van der Waals surface area (Å²) in [6, 6.07) is 8.32. The highest BCUT2D eigenvalue weighted by Crippen LogP contribution is 2.41. The van der Waals surface area contributed by atoms with E-state index in [4.69, 9.17) is 14.2 Å². The molecule has 0 aromatic heterocycles. The van der Waals surface area contributed by atoms with Gasteiger partial charge in [0, 0.05) is 32.3 Å². The van der Waals surface area contributed by atoms with E-state index in [9.17, 15) is 14.4 Å². The fourth-order valence-corrected chi connectivity index (χ4v) is 4.43. The minimum Gasteiger partial charge on any atom is -0.461 e. The molecule has 9 heteroatoms. The van der Waals surface area contributed by atoms with Crippen LogP contribution in [0.4, 0.5) is 0 Å². The molecule has 2 amide bonds. The van der Waals surface area contributed by atoms with Crippen molar-refractivity contribution in [1.82, 2.24) is 10.2 Å². The van der Waals surface area contributed by atoms with Gasteiger partial charge in [0.25, 0.3) is 5.91 Å². The van der Waals surface area contributed by atoms with Crippen LogP contribution in [0, 0.1) is 0 Å². The Hall–Kier alpha value is -2.36. The van der Waals surface area contributed by atoms with E-state index in [0.717, 1.165) is 5.56 Å². The van der Waals surface area contributed by atoms with Crippen LogP contribution in [-0.4, -0.2) is 61.0 Å². The predicted octanol–water partition coefficient (Wildman–Crippen LogP) is 1.19. The summed E-state index contributed by atoms with van der Waals surface area (Å²) < 4.78 is 15.7. The van der Waals surface area contributed by atoms with Crippen LogP contribution in [0.2, 0.25) is 0 Å². The van der Waals surface area contributed by atoms with Crippen LogP contribution >= 0.6 is 11.8 Å². The maximum absolute atomic E-state index is 13.1. The molecule has 1 N–H and O–H groups in total. The number of benzene rings is 1. The molecule has 0 aliphatic carbocycles. The molecule has 0 radical (unpaired) electrons. The number of carbonyl (C=O) groups is 3. The molecule has 0 bridgehead atoms. The lowest BCUT2D eigenvalue weighted by Gasteiger charge is -2.51. The molecule has 1 saturated heterocycles. The van der Waals surface area contributed by atoms with E-state index in [-0.39, 0.29) is 17.9 Å². The second-order valence-electron chi connectivity index (χ2n) is 6.34. The molecule has 150 valence electrons. The number of ether oxygens (including phenoxy) is 3. The zero-order valence-corrected chi connectivity index (χ0v) is 16.6. The van der Waals surface area contributed by atoms with Crippen LogP contribution in [0.3, 0.4) is 0 Å². The highest BCUT2D eigenvalue weighted by Gasteiger charge is 2.55. The van der Waals surface area contributed by atoms with Crippen molar-refractivity contribution in [1.29, 1.82) is 0 Å². The summed E-state index contributed by atoms with van der Waals surface area (Å²) in [7, 11) is 2.95. The molecular weight excluding hydrogens is 384 g/mol. The van der Waals surface area contributed by atoms with E-state index in [0.29, 0.717) is 5.57 Å². The number of fused-ring (bicyclic) bond motifs is 1. The highest BCUT2D eigenvalue weighted by molar-refractivity contribution is 8.02. The number of nitrogens with one attached hydrogen (secondary N) is 1. The Morgan fingerprint density at radius 3 is 2.57 bits per heavy atom. The maximum Gasteiger partial charge on any atom is 0.302 e. The standard InChI is InChI=1S/C19H22N2O6S/c1-11(22)27-9-13-10-28-19-15(25-2)18(24)21(19)14(13)16(23)20-17(26-3)12-7-5-4-6-8-12/h4-8,10,14-15,17,19H,9H2,1-3H3,(H,20,23)/t14?,15-,17?,19+/m0/s1. The second-order valence-corrected chi connectivity index (χ2v) is 7.33. The van der Waals surface area contributed by atoms with Crippen LogP contribution in [0.5, 0.6) is 0 Å². The molecule has 1 fully saturated rings. The van der Waals surface area contributed by atoms with Gasteiger partial charge in [-0.15, -0.1) is 11.8 Å². The van der Waals surface area contributed by atoms with Gasteiger partial charge in [-0.25, -0.2) is 0 Å². The normalized spacial score (nSPS) is 24.5. The summed E-state index contributed by atoms with van der Waals surface area (Å²) >= 11 is 1.37. The Labute approximate surface area is 167 Å². The van der Waals surface area contributed by atoms with Crippen LogP contribution < -0.4 is 5.32 Å². The lowest BCUT2D eigenvalue weighted by atomic mass is 9.99. The van der Waals surface area contributed by atoms with Crippen molar-refractivity contribution in [2.75, 3.05) is 20.8 Å². The fraction of sp³-hybridized carbons (Fsp3) is 0.421. The first kappa shape index (κ1) is 20.4. The van der Waals surface area contributed by atoms with Crippen molar-refractivity contribution >= 4 is 29.5 Å². The van der Waals surface area contributed by atoms with Crippen molar-refractivity contribution in [3.8, 4) is 0 Å². The van der Waals surface area contributed by atoms with Gasteiger partial charge >= 0.3 is 5.97 Å². The number of amides is 2. The molecule has 1 aromatic rings. The molecule has 2 aliphatic rings. The molecule has 3 rings (SSSR count). The van der Waals surface area contributed by atoms with Crippen LogP contribution in [0.25, 0.3) is 0 Å². The highest BCUT2D eigenvalue weighted by atomic mass is 32.2. The number of nitrogens with zero attached hydrogens (tertiary/aromatic N) is 1. The Morgan fingerprint density at radius 1 is 1.25 bits per heavy atom. The van der Waals surface area contributed by atoms with Gasteiger partial charge in [-0.2, -0.15) is 0 Å². The number of thioether (sulfide) groups is 1. The number of hydrogen-bond donors (Lipinski definition) is 1. The summed E-state index contributed by atoms with van der Waals surface area (Å²) in [4.78, 5) is 38.3. The third kappa shape index (κ3) is 3.91. The van der Waals surface area contributed by atoms with E-state index in [1.165, 1.54) is 37.8 Å². The summed E-state index contributed by atoms with van der Waals surface area (Å²) in [6.45, 7) is 1.22. The van der Waals surface area contributed by atoms with E-state index < -0.39 is 30.3 Å². The van der Waals surface area contributed by atoms with Gasteiger partial charge in [0.1, 0.15) is 18.0 Å². The van der Waals surface area contributed by atoms with Crippen molar-refractivity contribution in [2.45, 2.75) is 30.7 Å². The first-order chi connectivity index (χ1) is 13.5. The third-order valence-electron chi connectivity index (χ3n) is 4.58. The molecule has 8 nitrogen and oxygen atoms in total. The van der Waals surface area contributed by atoms with Gasteiger partial charge in [0.2, 0.25) is 5.91 Å². The fourth-order valence-electron chi connectivity index (χ4n) is 3.19. The first-order valence-electron chi connectivity index (χ1n) is 8.68. The monoisotopic (exact) mass is 406 g/mol. The van der Waals surface area contributed by atoms with E-state index in [2.05, 4.69) is 5.32 Å². The average Bonchev–Trinajstić information content (AvgIpc) is 2.70. The number of rotatable bonds is 7. The minimum absolute atomic E-state index is 0.0719. The third-order valence-corrected chi connectivity index (χ3v) is 5.77. The van der Waals surface area contributed by atoms with Gasteiger partial charge in [-0.05, 0) is 5.41 Å². The van der Waals surface area contributed by atoms with Gasteiger partial charge in [-0.1, -0.05) is 30.3 Å². The van der Waals surface area contributed by atoms with Crippen molar-refractivity contribution in [3.05, 3.63) is 46.9 Å². The Balaban J connectivity index is 1.82. The zero-order chi connectivity index (χ0) is 20.3. The number of methoxy groups -OCH3 is 2. The van der Waals surface area contributed by atoms with Gasteiger partial charge in [-0.3, -0.25) is 14.4 Å². The number of β-lactam (4-membered cyclic amide) rings is 1. The lowest BCUT2D eigenvalue weighted by molar-refractivity contribution is -0.169.